The first-order valence-electron chi connectivity index (χ1n) is 6.84. The average molecular weight is 323 g/mol. The summed E-state index contributed by atoms with van der Waals surface area (Å²) < 4.78 is 15.8. The number of esters is 1. The van der Waals surface area contributed by atoms with E-state index in [1.807, 2.05) is 13.8 Å². The molecule has 1 N–H and O–H groups in total. The minimum atomic E-state index is -0.425. The van der Waals surface area contributed by atoms with Gasteiger partial charge >= 0.3 is 5.97 Å². The predicted octanol–water partition coefficient (Wildman–Crippen LogP) is 3.27. The van der Waals surface area contributed by atoms with Crippen molar-refractivity contribution in [2.45, 2.75) is 26.4 Å². The summed E-state index contributed by atoms with van der Waals surface area (Å²) in [6.07, 6.45) is 1.48. The van der Waals surface area contributed by atoms with Gasteiger partial charge in [-0.1, -0.05) is 25.4 Å². The minimum Gasteiger partial charge on any atom is -0.457 e. The first-order chi connectivity index (χ1) is 10.6. The number of hydrogen-bond donors (Lipinski definition) is 1. The van der Waals surface area contributed by atoms with E-state index in [1.54, 1.807) is 12.1 Å². The Morgan fingerprint density at radius 1 is 1.45 bits per heavy atom. The van der Waals surface area contributed by atoms with Gasteiger partial charge in [0.2, 0.25) is 6.79 Å². The van der Waals surface area contributed by atoms with E-state index in [0.717, 1.165) is 11.3 Å². The van der Waals surface area contributed by atoms with E-state index >= 15 is 0 Å². The second-order valence-corrected chi connectivity index (χ2v) is 5.65. The molecule has 0 fully saturated rings. The number of nitrogens with zero attached hydrogens (tertiary/aromatic N) is 1. The molecule has 0 saturated carbocycles. The molecule has 1 aliphatic heterocycles. The van der Waals surface area contributed by atoms with E-state index < -0.39 is 5.97 Å². The van der Waals surface area contributed by atoms with Crippen LogP contribution in [0.2, 0.25) is 5.02 Å². The van der Waals surface area contributed by atoms with Crippen LogP contribution in [0, 0.1) is 0 Å². The lowest BCUT2D eigenvalue weighted by Gasteiger charge is -2.08. The van der Waals surface area contributed by atoms with Crippen LogP contribution < -0.4 is 9.47 Å². The van der Waals surface area contributed by atoms with E-state index in [1.165, 1.54) is 6.20 Å². The number of halogens is 1. The molecule has 2 aromatic rings. The summed E-state index contributed by atoms with van der Waals surface area (Å²) in [5.74, 6) is 0.815. The topological polar surface area (TPSA) is 73.4 Å². The van der Waals surface area contributed by atoms with Gasteiger partial charge in [0.15, 0.2) is 11.5 Å². The van der Waals surface area contributed by atoms with Crippen molar-refractivity contribution in [2.75, 3.05) is 6.79 Å². The van der Waals surface area contributed by atoms with E-state index in [-0.39, 0.29) is 19.3 Å². The molecule has 22 heavy (non-hydrogen) atoms. The maximum atomic E-state index is 12.2. The molecule has 0 amide bonds. The Balaban J connectivity index is 1.71. The van der Waals surface area contributed by atoms with Gasteiger partial charge in [-0.05, 0) is 23.6 Å². The molecule has 7 heteroatoms. The highest BCUT2D eigenvalue weighted by atomic mass is 35.5. The normalized spacial score (nSPS) is 12.7. The summed E-state index contributed by atoms with van der Waals surface area (Å²) >= 11 is 6.10. The molecule has 0 atom stereocenters. The lowest BCUT2D eigenvalue weighted by atomic mass is 10.1. The standard InChI is InChI=1S/C15H15ClN2O4/c1-8(2)13-10(5-17-18-13)15(19)20-6-9-3-11(16)14-12(4-9)21-7-22-14/h3-5,8H,6-7H2,1-2H3,(H,17,18). The van der Waals surface area contributed by atoms with Crippen molar-refractivity contribution >= 4 is 17.6 Å². The van der Waals surface area contributed by atoms with Crippen LogP contribution in [0.3, 0.4) is 0 Å². The highest BCUT2D eigenvalue weighted by Gasteiger charge is 2.20. The summed E-state index contributed by atoms with van der Waals surface area (Å²) in [4.78, 5) is 12.2. The third-order valence-electron chi connectivity index (χ3n) is 3.32. The average Bonchev–Trinajstić information content (AvgIpc) is 3.13. The molecule has 1 aromatic heterocycles. The Labute approximate surface area is 132 Å². The van der Waals surface area contributed by atoms with Crippen LogP contribution in [-0.4, -0.2) is 23.0 Å². The van der Waals surface area contributed by atoms with Gasteiger partial charge in [0.1, 0.15) is 12.2 Å². The molecule has 0 bridgehead atoms. The number of aromatic nitrogens is 2. The molecule has 0 aliphatic carbocycles. The number of carbonyl (C=O) groups is 1. The lowest BCUT2D eigenvalue weighted by molar-refractivity contribution is 0.0470. The van der Waals surface area contributed by atoms with Crippen LogP contribution >= 0.6 is 11.6 Å². The molecule has 0 radical (unpaired) electrons. The molecule has 0 unspecified atom stereocenters. The Morgan fingerprint density at radius 3 is 3.05 bits per heavy atom. The zero-order chi connectivity index (χ0) is 15.7. The number of rotatable bonds is 4. The zero-order valence-corrected chi connectivity index (χ0v) is 12.9. The van der Waals surface area contributed by atoms with Crippen molar-refractivity contribution in [3.05, 3.63) is 40.2 Å². The molecule has 2 heterocycles. The smallest absolute Gasteiger partial charge is 0.341 e. The van der Waals surface area contributed by atoms with Crippen LogP contribution in [-0.2, 0) is 11.3 Å². The van der Waals surface area contributed by atoms with Gasteiger partial charge in [-0.25, -0.2) is 4.79 Å². The number of aromatic amines is 1. The molecule has 6 nitrogen and oxygen atoms in total. The fourth-order valence-electron chi connectivity index (χ4n) is 2.23. The number of benzene rings is 1. The monoisotopic (exact) mass is 322 g/mol. The zero-order valence-electron chi connectivity index (χ0n) is 12.2. The van der Waals surface area contributed by atoms with Gasteiger partial charge in [-0.3, -0.25) is 5.10 Å². The van der Waals surface area contributed by atoms with E-state index in [4.69, 9.17) is 25.8 Å². The van der Waals surface area contributed by atoms with Crippen LogP contribution in [0.25, 0.3) is 0 Å². The largest absolute Gasteiger partial charge is 0.457 e. The van der Waals surface area contributed by atoms with Gasteiger partial charge in [-0.2, -0.15) is 5.10 Å². The van der Waals surface area contributed by atoms with Crippen molar-refractivity contribution in [2.24, 2.45) is 0 Å². The first-order valence-corrected chi connectivity index (χ1v) is 7.22. The van der Waals surface area contributed by atoms with Crippen molar-refractivity contribution in [1.29, 1.82) is 0 Å². The van der Waals surface area contributed by atoms with Crippen LogP contribution in [0.15, 0.2) is 18.3 Å². The summed E-state index contributed by atoms with van der Waals surface area (Å²) in [5, 5.41) is 7.15. The van der Waals surface area contributed by atoms with Crippen LogP contribution in [0.1, 0.15) is 41.4 Å². The number of carbonyl (C=O) groups excluding carboxylic acids is 1. The second kappa shape index (κ2) is 5.88. The molecule has 1 aliphatic rings. The fourth-order valence-corrected chi connectivity index (χ4v) is 2.52. The van der Waals surface area contributed by atoms with E-state index in [2.05, 4.69) is 10.2 Å². The number of ether oxygens (including phenoxy) is 3. The van der Waals surface area contributed by atoms with Crippen LogP contribution in [0.4, 0.5) is 0 Å². The molecular weight excluding hydrogens is 308 g/mol. The third kappa shape index (κ3) is 2.74. The highest BCUT2D eigenvalue weighted by Crippen LogP contribution is 2.39. The number of hydrogen-bond acceptors (Lipinski definition) is 5. The fraction of sp³-hybridized carbons (Fsp3) is 0.333. The molecule has 0 spiro atoms. The Kier molecular flexibility index (Phi) is 3.94. The highest BCUT2D eigenvalue weighted by molar-refractivity contribution is 6.32. The number of H-pyrrole nitrogens is 1. The van der Waals surface area contributed by atoms with Gasteiger partial charge < -0.3 is 14.2 Å². The van der Waals surface area contributed by atoms with E-state index in [9.17, 15) is 4.79 Å². The summed E-state index contributed by atoms with van der Waals surface area (Å²) in [6, 6.07) is 3.45. The summed E-state index contributed by atoms with van der Waals surface area (Å²) in [7, 11) is 0. The summed E-state index contributed by atoms with van der Waals surface area (Å²) in [5.41, 5.74) is 1.94. The Morgan fingerprint density at radius 2 is 2.27 bits per heavy atom. The molecule has 1 aromatic carbocycles. The molecule has 3 rings (SSSR count). The molecule has 116 valence electrons. The van der Waals surface area contributed by atoms with Crippen molar-refractivity contribution in [3.63, 3.8) is 0 Å². The van der Waals surface area contributed by atoms with Crippen molar-refractivity contribution < 1.29 is 19.0 Å². The van der Waals surface area contributed by atoms with Gasteiger partial charge in [-0.15, -0.1) is 0 Å². The first kappa shape index (κ1) is 14.7. The predicted molar refractivity (Wildman–Crippen MR) is 79.4 cm³/mol. The van der Waals surface area contributed by atoms with E-state index in [0.29, 0.717) is 22.1 Å². The van der Waals surface area contributed by atoms with Crippen LogP contribution in [0.5, 0.6) is 11.5 Å². The Hall–Kier alpha value is -2.21. The minimum absolute atomic E-state index is 0.0951. The van der Waals surface area contributed by atoms with Crippen molar-refractivity contribution in [3.8, 4) is 11.5 Å². The molecular formula is C15H15ClN2O4. The van der Waals surface area contributed by atoms with Gasteiger partial charge in [0.05, 0.1) is 16.9 Å². The van der Waals surface area contributed by atoms with Gasteiger partial charge in [0, 0.05) is 0 Å². The SMILES string of the molecule is CC(C)c1[nH]ncc1C(=O)OCc1cc(Cl)c2c(c1)OCO2. The maximum Gasteiger partial charge on any atom is 0.341 e. The number of fused-ring (bicyclic) bond motifs is 1. The third-order valence-corrected chi connectivity index (χ3v) is 3.60. The number of nitrogens with one attached hydrogen (secondary N) is 1. The maximum absolute atomic E-state index is 12.2. The lowest BCUT2D eigenvalue weighted by Crippen LogP contribution is -2.08. The molecule has 0 saturated heterocycles. The summed E-state index contributed by atoms with van der Waals surface area (Å²) in [6.45, 7) is 4.19. The van der Waals surface area contributed by atoms with Gasteiger partial charge in [0.25, 0.3) is 0 Å². The Bertz CT molecular complexity index is 712. The van der Waals surface area contributed by atoms with Crippen molar-refractivity contribution in [1.82, 2.24) is 10.2 Å². The quantitative estimate of drug-likeness (QED) is 0.874. The second-order valence-electron chi connectivity index (χ2n) is 5.24.